The number of halogens is 3. The van der Waals surface area contributed by atoms with Crippen molar-refractivity contribution in [2.24, 2.45) is 0 Å². The number of hydrogen-bond acceptors (Lipinski definition) is 5. The quantitative estimate of drug-likeness (QED) is 0.260. The third kappa shape index (κ3) is 6.28. The van der Waals surface area contributed by atoms with E-state index >= 15 is 0 Å². The van der Waals surface area contributed by atoms with Crippen molar-refractivity contribution in [2.45, 2.75) is 43.8 Å². The Morgan fingerprint density at radius 3 is 2.41 bits per heavy atom. The zero-order valence-corrected chi connectivity index (χ0v) is 23.1. The van der Waals surface area contributed by atoms with Crippen LogP contribution in [0.5, 0.6) is 0 Å². The molecule has 41 heavy (non-hydrogen) atoms. The van der Waals surface area contributed by atoms with Crippen molar-refractivity contribution in [3.05, 3.63) is 89.6 Å². The molecular formula is C29H28F3N5O3S. The molecule has 0 radical (unpaired) electrons. The first-order chi connectivity index (χ1) is 19.4. The highest BCUT2D eigenvalue weighted by molar-refractivity contribution is 7.92. The van der Waals surface area contributed by atoms with Crippen LogP contribution in [0.1, 0.15) is 29.7 Å². The average Bonchev–Trinajstić information content (AvgIpc) is 3.61. The fraction of sp³-hybridized carbons (Fsp3) is 0.241. The van der Waals surface area contributed by atoms with E-state index in [4.69, 9.17) is 0 Å². The lowest BCUT2D eigenvalue weighted by molar-refractivity contribution is -0.141. The molecule has 1 atom stereocenters. The number of rotatable bonds is 7. The van der Waals surface area contributed by atoms with Crippen LogP contribution in [0.25, 0.3) is 16.9 Å². The van der Waals surface area contributed by atoms with Crippen LogP contribution in [-0.4, -0.2) is 36.7 Å². The van der Waals surface area contributed by atoms with Crippen LogP contribution in [0, 0.1) is 13.8 Å². The topological polar surface area (TPSA) is 105 Å². The summed E-state index contributed by atoms with van der Waals surface area (Å²) in [4.78, 5) is 12.3. The zero-order valence-electron chi connectivity index (χ0n) is 22.3. The summed E-state index contributed by atoms with van der Waals surface area (Å²) >= 11 is 0. The van der Waals surface area contributed by atoms with Gasteiger partial charge in [0.25, 0.3) is 10.0 Å². The van der Waals surface area contributed by atoms with Crippen LogP contribution in [0.2, 0.25) is 0 Å². The molecule has 0 aliphatic carbocycles. The predicted molar refractivity (Wildman–Crippen MR) is 150 cm³/mol. The van der Waals surface area contributed by atoms with E-state index in [1.807, 2.05) is 19.1 Å². The third-order valence-electron chi connectivity index (χ3n) is 6.82. The van der Waals surface area contributed by atoms with E-state index in [9.17, 15) is 26.4 Å². The van der Waals surface area contributed by atoms with Gasteiger partial charge in [0, 0.05) is 11.3 Å². The molecular weight excluding hydrogens is 555 g/mol. The number of aromatic nitrogens is 2. The number of alkyl halides is 3. The van der Waals surface area contributed by atoms with Crippen LogP contribution in [0.4, 0.5) is 24.5 Å². The number of sulfonamides is 1. The molecule has 3 N–H and O–H groups in total. The third-order valence-corrected chi connectivity index (χ3v) is 8.22. The van der Waals surface area contributed by atoms with Crippen LogP contribution in [0.15, 0.2) is 77.7 Å². The molecule has 1 fully saturated rings. The van der Waals surface area contributed by atoms with Gasteiger partial charge < -0.3 is 10.6 Å². The SMILES string of the molecule is Cc1ccc(C)c(-c2cc(C(F)(F)F)nn2-c2ccc(S(=O)(=O)Nc3cccc(NC(=O)[C@H]4CCCN4)c3)cc2)c1. The molecule has 1 amide bonds. The summed E-state index contributed by atoms with van der Waals surface area (Å²) in [5.41, 5.74) is 2.36. The van der Waals surface area contributed by atoms with E-state index in [0.29, 0.717) is 11.3 Å². The number of hydrogen-bond donors (Lipinski definition) is 3. The summed E-state index contributed by atoms with van der Waals surface area (Å²) in [6.45, 7) is 4.41. The van der Waals surface area contributed by atoms with Gasteiger partial charge in [-0.05, 0) is 93.4 Å². The molecule has 0 saturated carbocycles. The minimum atomic E-state index is -4.66. The largest absolute Gasteiger partial charge is 0.435 e. The van der Waals surface area contributed by atoms with Gasteiger partial charge in [0.05, 0.1) is 28.0 Å². The monoisotopic (exact) mass is 583 g/mol. The smallest absolute Gasteiger partial charge is 0.325 e. The molecule has 5 rings (SSSR count). The van der Waals surface area contributed by atoms with Gasteiger partial charge in [-0.2, -0.15) is 18.3 Å². The number of nitrogens with zero attached hydrogens (tertiary/aromatic N) is 2. The van der Waals surface area contributed by atoms with Gasteiger partial charge in [0.2, 0.25) is 5.91 Å². The fourth-order valence-electron chi connectivity index (χ4n) is 4.70. The molecule has 1 saturated heterocycles. The van der Waals surface area contributed by atoms with Crippen molar-refractivity contribution < 1.29 is 26.4 Å². The number of aryl methyl sites for hydroxylation is 2. The van der Waals surface area contributed by atoms with Gasteiger partial charge in [-0.3, -0.25) is 9.52 Å². The molecule has 1 aromatic heterocycles. The van der Waals surface area contributed by atoms with E-state index in [-0.39, 0.29) is 33.9 Å². The standard InChI is InChI=1S/C29H28F3N5O3S/c1-18-8-9-19(2)24(15-18)26-17-27(29(30,31)32)35-37(26)22-10-12-23(13-11-22)41(39,40)36-21-6-3-5-20(16-21)34-28(38)25-7-4-14-33-25/h3,5-6,8-13,15-17,25,33,36H,4,7,14H2,1-2H3,(H,34,38)/t25-/m1/s1. The number of amides is 1. The zero-order chi connectivity index (χ0) is 29.4. The number of carbonyl (C=O) groups excluding carboxylic acids is 1. The molecule has 0 unspecified atom stereocenters. The van der Waals surface area contributed by atoms with Crippen LogP contribution in [-0.2, 0) is 21.0 Å². The molecule has 1 aliphatic rings. The van der Waals surface area contributed by atoms with Crippen molar-refractivity contribution in [1.29, 1.82) is 0 Å². The average molecular weight is 584 g/mol. The molecule has 2 heterocycles. The normalized spacial score (nSPS) is 15.6. The lowest BCUT2D eigenvalue weighted by atomic mass is 10.0. The maximum absolute atomic E-state index is 13.6. The lowest BCUT2D eigenvalue weighted by Gasteiger charge is -2.14. The van der Waals surface area contributed by atoms with E-state index in [1.165, 1.54) is 35.0 Å². The molecule has 0 spiro atoms. The minimum absolute atomic E-state index is 0.0951. The highest BCUT2D eigenvalue weighted by atomic mass is 32.2. The molecule has 0 bridgehead atoms. The van der Waals surface area contributed by atoms with E-state index in [0.717, 1.165) is 36.6 Å². The first kappa shape index (κ1) is 28.4. The number of benzene rings is 3. The summed E-state index contributed by atoms with van der Waals surface area (Å²) in [5, 5.41) is 9.70. The number of anilines is 2. The van der Waals surface area contributed by atoms with Crippen LogP contribution in [0.3, 0.4) is 0 Å². The molecule has 1 aliphatic heterocycles. The second-order valence-corrected chi connectivity index (χ2v) is 11.6. The van der Waals surface area contributed by atoms with Gasteiger partial charge in [-0.25, -0.2) is 13.1 Å². The fourth-order valence-corrected chi connectivity index (χ4v) is 5.75. The van der Waals surface area contributed by atoms with Gasteiger partial charge in [-0.1, -0.05) is 23.8 Å². The molecule has 4 aromatic rings. The second-order valence-electron chi connectivity index (χ2n) is 9.96. The van der Waals surface area contributed by atoms with Gasteiger partial charge in [-0.15, -0.1) is 0 Å². The van der Waals surface area contributed by atoms with Crippen molar-refractivity contribution >= 4 is 27.3 Å². The summed E-state index contributed by atoms with van der Waals surface area (Å²) in [5.74, 6) is -0.189. The first-order valence-electron chi connectivity index (χ1n) is 12.9. The van der Waals surface area contributed by atoms with Crippen LogP contribution >= 0.6 is 0 Å². The van der Waals surface area contributed by atoms with E-state index in [1.54, 1.807) is 31.2 Å². The Labute approximate surface area is 235 Å². The Morgan fingerprint density at radius 2 is 1.73 bits per heavy atom. The number of nitrogens with one attached hydrogen (secondary N) is 3. The maximum atomic E-state index is 13.6. The first-order valence-corrected chi connectivity index (χ1v) is 14.4. The molecule has 8 nitrogen and oxygen atoms in total. The Bertz CT molecular complexity index is 1690. The van der Waals surface area contributed by atoms with Gasteiger partial charge >= 0.3 is 6.18 Å². The predicted octanol–water partition coefficient (Wildman–Crippen LogP) is 5.67. The maximum Gasteiger partial charge on any atom is 0.435 e. The summed E-state index contributed by atoms with van der Waals surface area (Å²) in [6.07, 6.45) is -3.02. The Hall–Kier alpha value is -4.16. The highest BCUT2D eigenvalue weighted by Gasteiger charge is 2.35. The second kappa shape index (κ2) is 11.0. The van der Waals surface area contributed by atoms with Crippen LogP contribution < -0.4 is 15.4 Å². The molecule has 214 valence electrons. The highest BCUT2D eigenvalue weighted by Crippen LogP contribution is 2.35. The minimum Gasteiger partial charge on any atom is -0.325 e. The van der Waals surface area contributed by atoms with E-state index in [2.05, 4.69) is 20.5 Å². The van der Waals surface area contributed by atoms with E-state index < -0.39 is 21.9 Å². The van der Waals surface area contributed by atoms with Gasteiger partial charge in [0.1, 0.15) is 0 Å². The Kier molecular flexibility index (Phi) is 7.62. The molecule has 3 aromatic carbocycles. The van der Waals surface area contributed by atoms with Crippen molar-refractivity contribution in [3.8, 4) is 16.9 Å². The van der Waals surface area contributed by atoms with Crippen molar-refractivity contribution in [2.75, 3.05) is 16.6 Å². The Morgan fingerprint density at radius 1 is 1.00 bits per heavy atom. The van der Waals surface area contributed by atoms with Gasteiger partial charge in [0.15, 0.2) is 5.69 Å². The summed E-state index contributed by atoms with van der Waals surface area (Å²) in [7, 11) is -4.05. The van der Waals surface area contributed by atoms with Crippen molar-refractivity contribution in [3.63, 3.8) is 0 Å². The summed E-state index contributed by atoms with van der Waals surface area (Å²) < 4.78 is 70.7. The molecule has 12 heteroatoms. The Balaban J connectivity index is 1.40. The lowest BCUT2D eigenvalue weighted by Crippen LogP contribution is -2.35. The van der Waals surface area contributed by atoms with Crippen molar-refractivity contribution in [1.82, 2.24) is 15.1 Å². The summed E-state index contributed by atoms with van der Waals surface area (Å²) in [6, 6.07) is 17.9. The number of carbonyl (C=O) groups is 1.